The molecule has 2 N–H and O–H groups in total. The zero-order chi connectivity index (χ0) is 15.7. The summed E-state index contributed by atoms with van der Waals surface area (Å²) < 4.78 is 13.1. The highest BCUT2D eigenvalue weighted by atomic mass is 35.5. The van der Waals surface area contributed by atoms with E-state index in [9.17, 15) is 4.39 Å². The monoisotopic (exact) mass is 311 g/mol. The second kappa shape index (κ2) is 6.26. The molecule has 2 rings (SSSR count). The topological polar surface area (TPSA) is 26.0 Å². The lowest BCUT2D eigenvalue weighted by molar-refractivity contribution is 0.115. The molecule has 3 heteroatoms. The molecule has 0 bridgehead atoms. The van der Waals surface area contributed by atoms with Crippen LogP contribution in [0.2, 0.25) is 5.02 Å². The van der Waals surface area contributed by atoms with Crippen LogP contribution in [-0.4, -0.2) is 5.54 Å². The summed E-state index contributed by atoms with van der Waals surface area (Å²) in [5.74, 6) is 0.464. The summed E-state index contributed by atoms with van der Waals surface area (Å²) in [6.07, 6.45) is 6.35. The van der Waals surface area contributed by atoms with E-state index in [0.717, 1.165) is 30.7 Å². The van der Waals surface area contributed by atoms with Crippen LogP contribution in [0.25, 0.3) is 0 Å². The van der Waals surface area contributed by atoms with Crippen LogP contribution < -0.4 is 5.73 Å². The summed E-state index contributed by atoms with van der Waals surface area (Å²) in [7, 11) is 0. The van der Waals surface area contributed by atoms with Crippen molar-refractivity contribution in [1.29, 1.82) is 0 Å². The van der Waals surface area contributed by atoms with Gasteiger partial charge in [-0.25, -0.2) is 4.39 Å². The summed E-state index contributed by atoms with van der Waals surface area (Å²) in [4.78, 5) is 0. The molecule has 1 aromatic carbocycles. The highest BCUT2D eigenvalue weighted by molar-refractivity contribution is 6.31. The van der Waals surface area contributed by atoms with E-state index < -0.39 is 0 Å². The fraction of sp³-hybridized carbons (Fsp3) is 0.667. The van der Waals surface area contributed by atoms with Crippen molar-refractivity contribution in [3.63, 3.8) is 0 Å². The molecule has 118 valence electrons. The Hall–Kier alpha value is -0.600. The van der Waals surface area contributed by atoms with Gasteiger partial charge in [-0.3, -0.25) is 0 Å². The highest BCUT2D eigenvalue weighted by Crippen LogP contribution is 2.43. The highest BCUT2D eigenvalue weighted by Gasteiger charge is 2.37. The van der Waals surface area contributed by atoms with Gasteiger partial charge in [0.2, 0.25) is 0 Å². The van der Waals surface area contributed by atoms with Crippen molar-refractivity contribution in [2.45, 2.75) is 64.8 Å². The SMILES string of the molecule is CCC(C)(C)C1CCC(N)(Cc2ccc(F)cc2Cl)CC1. The van der Waals surface area contributed by atoms with Gasteiger partial charge in [-0.1, -0.05) is 44.9 Å². The Labute approximate surface area is 133 Å². The summed E-state index contributed by atoms with van der Waals surface area (Å²) in [5.41, 5.74) is 7.76. The van der Waals surface area contributed by atoms with Crippen molar-refractivity contribution >= 4 is 11.6 Å². The number of hydrogen-bond acceptors (Lipinski definition) is 1. The molecule has 21 heavy (non-hydrogen) atoms. The normalized spacial score (nSPS) is 26.9. The minimum atomic E-state index is -0.289. The van der Waals surface area contributed by atoms with Crippen molar-refractivity contribution < 1.29 is 4.39 Å². The predicted octanol–water partition coefficient (Wildman–Crippen LogP) is 5.35. The van der Waals surface area contributed by atoms with E-state index in [4.69, 9.17) is 17.3 Å². The van der Waals surface area contributed by atoms with Crippen LogP contribution in [-0.2, 0) is 6.42 Å². The molecule has 0 atom stereocenters. The van der Waals surface area contributed by atoms with Crippen molar-refractivity contribution in [1.82, 2.24) is 0 Å². The Morgan fingerprint density at radius 3 is 2.48 bits per heavy atom. The van der Waals surface area contributed by atoms with E-state index in [1.165, 1.54) is 31.4 Å². The second-order valence-corrected chi connectivity index (χ2v) is 7.80. The van der Waals surface area contributed by atoms with Crippen LogP contribution in [0.4, 0.5) is 4.39 Å². The third-order valence-corrected chi connectivity index (χ3v) is 5.91. The first-order valence-corrected chi connectivity index (χ1v) is 8.36. The Balaban J connectivity index is 2.02. The molecule has 1 nitrogen and oxygen atoms in total. The average molecular weight is 312 g/mol. The van der Waals surface area contributed by atoms with Gasteiger partial charge < -0.3 is 5.73 Å². The first kappa shape index (κ1) is 16.8. The molecule has 0 saturated heterocycles. The van der Waals surface area contributed by atoms with Crippen molar-refractivity contribution in [2.75, 3.05) is 0 Å². The Morgan fingerprint density at radius 2 is 1.95 bits per heavy atom. The van der Waals surface area contributed by atoms with E-state index in [2.05, 4.69) is 20.8 Å². The van der Waals surface area contributed by atoms with Gasteiger partial charge in [0, 0.05) is 10.6 Å². The Bertz CT molecular complexity index is 490. The van der Waals surface area contributed by atoms with E-state index in [0.29, 0.717) is 10.4 Å². The van der Waals surface area contributed by atoms with Gasteiger partial charge >= 0.3 is 0 Å². The molecule has 0 amide bonds. The van der Waals surface area contributed by atoms with Gasteiger partial charge in [0.1, 0.15) is 5.82 Å². The molecule has 0 spiro atoms. The molecule has 1 saturated carbocycles. The van der Waals surface area contributed by atoms with Gasteiger partial charge in [0.15, 0.2) is 0 Å². The van der Waals surface area contributed by atoms with Gasteiger partial charge in [-0.2, -0.15) is 0 Å². The van der Waals surface area contributed by atoms with Crippen LogP contribution in [0.15, 0.2) is 18.2 Å². The van der Waals surface area contributed by atoms with E-state index in [-0.39, 0.29) is 11.4 Å². The van der Waals surface area contributed by atoms with Crippen molar-refractivity contribution in [3.8, 4) is 0 Å². The smallest absolute Gasteiger partial charge is 0.124 e. The fourth-order valence-electron chi connectivity index (χ4n) is 3.48. The Kier molecular flexibility index (Phi) is 4.99. The average Bonchev–Trinajstić information content (AvgIpc) is 2.42. The maximum absolute atomic E-state index is 13.1. The number of halogens is 2. The fourth-order valence-corrected chi connectivity index (χ4v) is 3.72. The van der Waals surface area contributed by atoms with Crippen LogP contribution in [0.5, 0.6) is 0 Å². The zero-order valence-electron chi connectivity index (χ0n) is 13.4. The molecule has 0 radical (unpaired) electrons. The van der Waals surface area contributed by atoms with Crippen LogP contribution in [0, 0.1) is 17.2 Å². The first-order valence-electron chi connectivity index (χ1n) is 7.98. The molecule has 1 fully saturated rings. The molecule has 1 aliphatic carbocycles. The van der Waals surface area contributed by atoms with Crippen molar-refractivity contribution in [3.05, 3.63) is 34.6 Å². The summed E-state index contributed by atoms with van der Waals surface area (Å²) >= 11 is 6.14. The number of rotatable bonds is 4. The first-order chi connectivity index (χ1) is 9.76. The summed E-state index contributed by atoms with van der Waals surface area (Å²) in [6, 6.07) is 4.62. The minimum Gasteiger partial charge on any atom is -0.325 e. The number of hydrogen-bond donors (Lipinski definition) is 1. The van der Waals surface area contributed by atoms with Crippen LogP contribution in [0.3, 0.4) is 0 Å². The van der Waals surface area contributed by atoms with Crippen LogP contribution in [0.1, 0.15) is 58.4 Å². The molecular formula is C18H27ClFN. The second-order valence-electron chi connectivity index (χ2n) is 7.39. The molecule has 0 heterocycles. The van der Waals surface area contributed by atoms with Gasteiger partial charge in [0.25, 0.3) is 0 Å². The molecule has 1 aliphatic rings. The minimum absolute atomic E-state index is 0.193. The lowest BCUT2D eigenvalue weighted by atomic mass is 9.65. The Morgan fingerprint density at radius 1 is 1.33 bits per heavy atom. The largest absolute Gasteiger partial charge is 0.325 e. The van der Waals surface area contributed by atoms with Gasteiger partial charge in [-0.15, -0.1) is 0 Å². The van der Waals surface area contributed by atoms with Crippen molar-refractivity contribution in [2.24, 2.45) is 17.1 Å². The standard InChI is InChI=1S/C18H27ClFN/c1-4-17(2,3)14-7-9-18(21,10-8-14)12-13-5-6-15(20)11-16(13)19/h5-6,11,14H,4,7-10,12,21H2,1-3H3. The van der Waals surface area contributed by atoms with E-state index >= 15 is 0 Å². The molecule has 0 aromatic heterocycles. The summed E-state index contributed by atoms with van der Waals surface area (Å²) in [5, 5.41) is 0.496. The maximum Gasteiger partial charge on any atom is 0.124 e. The lowest BCUT2D eigenvalue weighted by Gasteiger charge is -2.43. The van der Waals surface area contributed by atoms with E-state index in [1.54, 1.807) is 6.07 Å². The third-order valence-electron chi connectivity index (χ3n) is 5.56. The molecule has 0 unspecified atom stereocenters. The molecular weight excluding hydrogens is 285 g/mol. The predicted molar refractivity (Wildman–Crippen MR) is 88.1 cm³/mol. The number of benzene rings is 1. The third kappa shape index (κ3) is 3.98. The van der Waals surface area contributed by atoms with E-state index in [1.807, 2.05) is 0 Å². The molecule has 0 aliphatic heterocycles. The zero-order valence-corrected chi connectivity index (χ0v) is 14.1. The maximum atomic E-state index is 13.1. The van der Waals surface area contributed by atoms with Gasteiger partial charge in [0.05, 0.1) is 0 Å². The summed E-state index contributed by atoms with van der Waals surface area (Å²) in [6.45, 7) is 6.98. The molecule has 1 aromatic rings. The van der Waals surface area contributed by atoms with Crippen LogP contribution >= 0.6 is 11.6 Å². The number of nitrogens with two attached hydrogens (primary N) is 1. The lowest BCUT2D eigenvalue weighted by Crippen LogP contribution is -2.47. The quantitative estimate of drug-likeness (QED) is 0.797. The van der Waals surface area contributed by atoms with Gasteiger partial charge in [-0.05, 0) is 61.1 Å².